The number of carbonyl (C=O) groups excluding carboxylic acids is 2. The molecule has 1 aromatic carbocycles. The number of phenolic OH excluding ortho intramolecular Hbond substituents is 1. The Morgan fingerprint density at radius 3 is 2.59 bits per heavy atom. The maximum absolute atomic E-state index is 11.5. The summed E-state index contributed by atoms with van der Waals surface area (Å²) in [5.41, 5.74) is 5.91. The van der Waals surface area contributed by atoms with E-state index in [0.717, 1.165) is 12.2 Å². The van der Waals surface area contributed by atoms with Gasteiger partial charge in [-0.05, 0) is 12.1 Å². The fourth-order valence-electron chi connectivity index (χ4n) is 1.41. The van der Waals surface area contributed by atoms with E-state index in [1.807, 2.05) is 0 Å². The lowest BCUT2D eigenvalue weighted by Gasteiger charge is -2.12. The Morgan fingerprint density at radius 2 is 1.88 bits per heavy atom. The van der Waals surface area contributed by atoms with Crippen LogP contribution < -0.4 is 11.1 Å². The maximum atomic E-state index is 11.5. The number of anilines is 1. The Balaban J connectivity index is 2.23. The molecule has 5 nitrogen and oxygen atoms in total. The first kappa shape index (κ1) is 10.9. The van der Waals surface area contributed by atoms with Crippen LogP contribution in [0.1, 0.15) is 0 Å². The highest BCUT2D eigenvalue weighted by molar-refractivity contribution is 6.20. The molecule has 0 atom stereocenters. The number of hydrogen-bond acceptors (Lipinski definition) is 5. The largest absolute Gasteiger partial charge is 0.508 e. The van der Waals surface area contributed by atoms with E-state index >= 15 is 0 Å². The van der Waals surface area contributed by atoms with Gasteiger partial charge in [0, 0.05) is 23.9 Å². The minimum absolute atomic E-state index is 0.0697. The SMILES string of the molecule is NC1=CC(=O)C(Nc2cccc(O)c2)=CC1=O. The predicted octanol–water partition coefficient (Wildman–Crippen LogP) is 0.682. The molecule has 86 valence electrons. The van der Waals surface area contributed by atoms with Crippen LogP contribution in [-0.4, -0.2) is 16.7 Å². The minimum Gasteiger partial charge on any atom is -0.508 e. The number of rotatable bonds is 2. The smallest absolute Gasteiger partial charge is 0.204 e. The fourth-order valence-corrected chi connectivity index (χ4v) is 1.41. The molecule has 5 heteroatoms. The molecule has 0 unspecified atom stereocenters. The van der Waals surface area contributed by atoms with E-state index in [-0.39, 0.29) is 22.9 Å². The van der Waals surface area contributed by atoms with Crippen molar-refractivity contribution in [1.82, 2.24) is 0 Å². The highest BCUT2D eigenvalue weighted by atomic mass is 16.3. The van der Waals surface area contributed by atoms with Crippen molar-refractivity contribution in [2.45, 2.75) is 0 Å². The summed E-state index contributed by atoms with van der Waals surface area (Å²) in [5.74, 6) is -0.710. The van der Waals surface area contributed by atoms with Crippen molar-refractivity contribution in [2.75, 3.05) is 5.32 Å². The number of nitrogens with one attached hydrogen (secondary N) is 1. The number of phenols is 1. The number of carbonyl (C=O) groups is 2. The van der Waals surface area contributed by atoms with Gasteiger partial charge in [-0.25, -0.2) is 0 Å². The Labute approximate surface area is 97.2 Å². The van der Waals surface area contributed by atoms with Gasteiger partial charge >= 0.3 is 0 Å². The Kier molecular flexibility index (Phi) is 2.66. The van der Waals surface area contributed by atoms with E-state index in [4.69, 9.17) is 5.73 Å². The predicted molar refractivity (Wildman–Crippen MR) is 62.1 cm³/mol. The van der Waals surface area contributed by atoms with E-state index in [9.17, 15) is 14.7 Å². The van der Waals surface area contributed by atoms with E-state index in [2.05, 4.69) is 5.32 Å². The average Bonchev–Trinajstić information content (AvgIpc) is 2.26. The second-order valence-corrected chi connectivity index (χ2v) is 3.56. The van der Waals surface area contributed by atoms with Crippen molar-refractivity contribution in [2.24, 2.45) is 5.73 Å². The van der Waals surface area contributed by atoms with E-state index in [0.29, 0.717) is 5.69 Å². The number of nitrogens with two attached hydrogens (primary N) is 1. The molecule has 0 spiro atoms. The molecule has 0 saturated heterocycles. The zero-order chi connectivity index (χ0) is 12.4. The lowest BCUT2D eigenvalue weighted by molar-refractivity contribution is -0.115. The van der Waals surface area contributed by atoms with E-state index in [1.54, 1.807) is 12.1 Å². The van der Waals surface area contributed by atoms with Gasteiger partial charge in [0.25, 0.3) is 0 Å². The zero-order valence-corrected chi connectivity index (χ0v) is 8.81. The summed E-state index contributed by atoms with van der Waals surface area (Å²) in [7, 11) is 0. The van der Waals surface area contributed by atoms with Crippen LogP contribution in [0.5, 0.6) is 5.75 Å². The van der Waals surface area contributed by atoms with Gasteiger partial charge in [-0.15, -0.1) is 0 Å². The van der Waals surface area contributed by atoms with Crippen LogP contribution in [0.2, 0.25) is 0 Å². The second-order valence-electron chi connectivity index (χ2n) is 3.56. The molecule has 0 aromatic heterocycles. The van der Waals surface area contributed by atoms with Crippen molar-refractivity contribution in [3.63, 3.8) is 0 Å². The average molecular weight is 230 g/mol. The van der Waals surface area contributed by atoms with Gasteiger partial charge in [-0.1, -0.05) is 6.07 Å². The van der Waals surface area contributed by atoms with Crippen LogP contribution >= 0.6 is 0 Å². The Hall–Kier alpha value is -2.56. The monoisotopic (exact) mass is 230 g/mol. The molecule has 0 radical (unpaired) electrons. The van der Waals surface area contributed by atoms with E-state index in [1.165, 1.54) is 12.1 Å². The summed E-state index contributed by atoms with van der Waals surface area (Å²) in [6.45, 7) is 0. The Morgan fingerprint density at radius 1 is 1.12 bits per heavy atom. The molecule has 17 heavy (non-hydrogen) atoms. The number of aromatic hydroxyl groups is 1. The first-order valence-corrected chi connectivity index (χ1v) is 4.90. The van der Waals surface area contributed by atoms with Crippen molar-refractivity contribution in [3.05, 3.63) is 47.8 Å². The maximum Gasteiger partial charge on any atom is 0.204 e. The van der Waals surface area contributed by atoms with E-state index < -0.39 is 5.78 Å². The molecule has 1 aliphatic carbocycles. The van der Waals surface area contributed by atoms with Gasteiger partial charge in [0.15, 0.2) is 0 Å². The molecule has 1 aliphatic rings. The van der Waals surface area contributed by atoms with Crippen molar-refractivity contribution in [3.8, 4) is 5.75 Å². The molecule has 0 bridgehead atoms. The molecule has 0 amide bonds. The van der Waals surface area contributed by atoms with Crippen molar-refractivity contribution in [1.29, 1.82) is 0 Å². The minimum atomic E-state index is -0.410. The first-order chi connectivity index (χ1) is 8.06. The van der Waals surface area contributed by atoms with Crippen LogP contribution in [0.4, 0.5) is 5.69 Å². The molecule has 0 fully saturated rings. The molecule has 4 N–H and O–H groups in total. The van der Waals surface area contributed by atoms with Gasteiger partial charge in [0.2, 0.25) is 11.6 Å². The lowest BCUT2D eigenvalue weighted by Crippen LogP contribution is -2.21. The lowest BCUT2D eigenvalue weighted by atomic mass is 10.1. The summed E-state index contributed by atoms with van der Waals surface area (Å²) in [4.78, 5) is 22.8. The quantitative estimate of drug-likeness (QED) is 0.650. The summed E-state index contributed by atoms with van der Waals surface area (Å²) in [6.07, 6.45) is 2.22. The summed E-state index contributed by atoms with van der Waals surface area (Å²) >= 11 is 0. The van der Waals surface area contributed by atoms with Gasteiger partial charge in [0.05, 0.1) is 11.4 Å². The third-order valence-electron chi connectivity index (χ3n) is 2.24. The zero-order valence-electron chi connectivity index (χ0n) is 8.81. The highest BCUT2D eigenvalue weighted by Gasteiger charge is 2.18. The normalized spacial score (nSPS) is 15.3. The highest BCUT2D eigenvalue weighted by Crippen LogP contribution is 2.18. The Bertz CT molecular complexity index is 559. The summed E-state index contributed by atoms with van der Waals surface area (Å²) in [5, 5.41) is 12.0. The number of hydrogen-bond donors (Lipinski definition) is 3. The van der Waals surface area contributed by atoms with Gasteiger partial charge in [-0.2, -0.15) is 0 Å². The topological polar surface area (TPSA) is 92.4 Å². The molecular weight excluding hydrogens is 220 g/mol. The summed E-state index contributed by atoms with van der Waals surface area (Å²) in [6, 6.07) is 6.24. The number of allylic oxidation sites excluding steroid dienone is 2. The van der Waals surface area contributed by atoms with Crippen LogP contribution in [0, 0.1) is 0 Å². The molecule has 1 aromatic rings. The van der Waals surface area contributed by atoms with Crippen molar-refractivity contribution < 1.29 is 14.7 Å². The second kappa shape index (κ2) is 4.13. The third kappa shape index (κ3) is 2.34. The fraction of sp³-hybridized carbons (Fsp3) is 0. The molecule has 0 aliphatic heterocycles. The van der Waals surface area contributed by atoms with Crippen LogP contribution in [0.3, 0.4) is 0 Å². The van der Waals surface area contributed by atoms with Gasteiger partial charge in [0.1, 0.15) is 5.75 Å². The standard InChI is InChI=1S/C12H10N2O3/c13-9-5-12(17)10(6-11(9)16)14-7-2-1-3-8(15)4-7/h1-6,14-15H,13H2. The third-order valence-corrected chi connectivity index (χ3v) is 2.24. The first-order valence-electron chi connectivity index (χ1n) is 4.90. The van der Waals surface area contributed by atoms with Crippen LogP contribution in [0.25, 0.3) is 0 Å². The molecular formula is C12H10N2O3. The number of benzene rings is 1. The molecule has 0 heterocycles. The molecule has 2 rings (SSSR count). The van der Waals surface area contributed by atoms with Crippen molar-refractivity contribution >= 4 is 17.3 Å². The molecule has 0 saturated carbocycles. The van der Waals surface area contributed by atoms with Crippen LogP contribution in [0.15, 0.2) is 47.8 Å². The number of ketones is 2. The van der Waals surface area contributed by atoms with Gasteiger partial charge < -0.3 is 16.2 Å². The van der Waals surface area contributed by atoms with Gasteiger partial charge in [-0.3, -0.25) is 9.59 Å². The van der Waals surface area contributed by atoms with Crippen LogP contribution in [-0.2, 0) is 9.59 Å². The summed E-state index contributed by atoms with van der Waals surface area (Å²) < 4.78 is 0.